The van der Waals surface area contributed by atoms with Crippen LogP contribution in [0.5, 0.6) is 0 Å². The fourth-order valence-electron chi connectivity index (χ4n) is 3.20. The molecule has 1 aliphatic heterocycles. The average molecular weight is 354 g/mol. The first-order valence-corrected chi connectivity index (χ1v) is 8.49. The van der Waals surface area contributed by atoms with Crippen LogP contribution in [0.25, 0.3) is 22.6 Å². The van der Waals surface area contributed by atoms with Gasteiger partial charge in [0, 0.05) is 25.3 Å². The number of carbonyl (C=O) groups is 1. The monoisotopic (exact) mass is 354 g/mol. The number of nitrogens with zero attached hydrogens (tertiary/aromatic N) is 3. The summed E-state index contributed by atoms with van der Waals surface area (Å²) in [6.45, 7) is 2.02. The molecule has 3 aromatic rings. The molecule has 134 valence electrons. The van der Waals surface area contributed by atoms with E-state index in [9.17, 15) is 9.59 Å². The largest absolute Gasteiger partial charge is 0.478 e. The van der Waals surface area contributed by atoms with Crippen molar-refractivity contribution in [1.82, 2.24) is 19.5 Å². The Kier molecular flexibility index (Phi) is 4.26. The Bertz CT molecular complexity index is 1000. The molecule has 0 atom stereocenters. The van der Waals surface area contributed by atoms with E-state index in [1.807, 2.05) is 0 Å². The second-order valence-electron chi connectivity index (χ2n) is 6.41. The summed E-state index contributed by atoms with van der Waals surface area (Å²) in [5.41, 5.74) is 2.30. The van der Waals surface area contributed by atoms with Crippen LogP contribution >= 0.6 is 0 Å². The Hall–Kier alpha value is -3.00. The SMILES string of the molecule is O=C(O)c1ccc(-c2cnc3[nH]c(=O)n(CC4CCOCC4)c3n2)cc1. The Labute approximate surface area is 148 Å². The number of benzene rings is 1. The first kappa shape index (κ1) is 16.5. The van der Waals surface area contributed by atoms with E-state index in [0.29, 0.717) is 42.7 Å². The summed E-state index contributed by atoms with van der Waals surface area (Å²) >= 11 is 0. The highest BCUT2D eigenvalue weighted by molar-refractivity contribution is 5.88. The summed E-state index contributed by atoms with van der Waals surface area (Å²) in [6.07, 6.45) is 3.42. The summed E-state index contributed by atoms with van der Waals surface area (Å²) in [5, 5.41) is 9.00. The average Bonchev–Trinajstić information content (AvgIpc) is 2.97. The Morgan fingerprint density at radius 3 is 2.69 bits per heavy atom. The maximum atomic E-state index is 12.3. The summed E-state index contributed by atoms with van der Waals surface area (Å²) in [6, 6.07) is 6.42. The lowest BCUT2D eigenvalue weighted by Crippen LogP contribution is -2.26. The number of H-pyrrole nitrogens is 1. The van der Waals surface area contributed by atoms with Crippen LogP contribution in [0.1, 0.15) is 23.2 Å². The topological polar surface area (TPSA) is 110 Å². The Balaban J connectivity index is 1.70. The molecule has 1 aliphatic rings. The zero-order valence-electron chi connectivity index (χ0n) is 14.0. The molecule has 2 aromatic heterocycles. The van der Waals surface area contributed by atoms with Gasteiger partial charge in [-0.05, 0) is 30.9 Å². The van der Waals surface area contributed by atoms with Crippen LogP contribution in [-0.4, -0.2) is 43.8 Å². The first-order valence-electron chi connectivity index (χ1n) is 8.49. The lowest BCUT2D eigenvalue weighted by atomic mass is 10.0. The maximum Gasteiger partial charge on any atom is 0.335 e. The highest BCUT2D eigenvalue weighted by atomic mass is 16.5. The van der Waals surface area contributed by atoms with Crippen molar-refractivity contribution >= 4 is 17.3 Å². The van der Waals surface area contributed by atoms with Crippen molar-refractivity contribution in [1.29, 1.82) is 0 Å². The normalized spacial score (nSPS) is 15.4. The molecule has 8 nitrogen and oxygen atoms in total. The zero-order valence-corrected chi connectivity index (χ0v) is 14.0. The quantitative estimate of drug-likeness (QED) is 0.740. The molecule has 1 aromatic carbocycles. The second kappa shape index (κ2) is 6.72. The van der Waals surface area contributed by atoms with E-state index in [-0.39, 0.29) is 11.3 Å². The van der Waals surface area contributed by atoms with Gasteiger partial charge >= 0.3 is 11.7 Å². The summed E-state index contributed by atoms with van der Waals surface area (Å²) < 4.78 is 7.01. The van der Waals surface area contributed by atoms with Gasteiger partial charge in [0.2, 0.25) is 0 Å². The molecule has 1 saturated heterocycles. The van der Waals surface area contributed by atoms with E-state index >= 15 is 0 Å². The number of aromatic nitrogens is 4. The number of nitrogens with one attached hydrogen (secondary N) is 1. The van der Waals surface area contributed by atoms with Crippen molar-refractivity contribution in [2.45, 2.75) is 19.4 Å². The van der Waals surface area contributed by atoms with Gasteiger partial charge in [-0.3, -0.25) is 9.55 Å². The minimum absolute atomic E-state index is 0.209. The number of hydrogen-bond donors (Lipinski definition) is 2. The van der Waals surface area contributed by atoms with Gasteiger partial charge in [-0.1, -0.05) is 12.1 Å². The third kappa shape index (κ3) is 3.11. The number of rotatable bonds is 4. The fourth-order valence-corrected chi connectivity index (χ4v) is 3.20. The van der Waals surface area contributed by atoms with Crippen LogP contribution in [-0.2, 0) is 11.3 Å². The van der Waals surface area contributed by atoms with Gasteiger partial charge in [-0.2, -0.15) is 0 Å². The van der Waals surface area contributed by atoms with Crippen LogP contribution in [0.4, 0.5) is 0 Å². The van der Waals surface area contributed by atoms with Gasteiger partial charge in [0.15, 0.2) is 11.3 Å². The van der Waals surface area contributed by atoms with E-state index in [4.69, 9.17) is 9.84 Å². The van der Waals surface area contributed by atoms with Crippen LogP contribution in [0.15, 0.2) is 35.3 Å². The summed E-state index contributed by atoms with van der Waals surface area (Å²) in [4.78, 5) is 34.9. The van der Waals surface area contributed by atoms with Gasteiger partial charge in [-0.15, -0.1) is 0 Å². The molecule has 0 aliphatic carbocycles. The number of ether oxygens (including phenoxy) is 1. The van der Waals surface area contributed by atoms with Crippen molar-refractivity contribution in [3.8, 4) is 11.3 Å². The fraction of sp³-hybridized carbons (Fsp3) is 0.333. The lowest BCUT2D eigenvalue weighted by molar-refractivity contribution is 0.0613. The third-order valence-electron chi connectivity index (χ3n) is 4.69. The molecule has 1 fully saturated rings. The van der Waals surface area contributed by atoms with Crippen molar-refractivity contribution in [3.05, 3.63) is 46.5 Å². The molecule has 0 amide bonds. The Morgan fingerprint density at radius 1 is 1.27 bits per heavy atom. The van der Waals surface area contributed by atoms with Crippen LogP contribution in [0, 0.1) is 5.92 Å². The molecular weight excluding hydrogens is 336 g/mol. The molecule has 3 heterocycles. The maximum absolute atomic E-state index is 12.3. The van der Waals surface area contributed by atoms with Gasteiger partial charge < -0.3 is 9.84 Å². The molecule has 0 saturated carbocycles. The van der Waals surface area contributed by atoms with Crippen molar-refractivity contribution in [2.24, 2.45) is 5.92 Å². The smallest absolute Gasteiger partial charge is 0.335 e. The predicted octanol–water partition coefficient (Wildman–Crippen LogP) is 1.91. The number of hydrogen-bond acceptors (Lipinski definition) is 5. The van der Waals surface area contributed by atoms with E-state index < -0.39 is 5.97 Å². The zero-order chi connectivity index (χ0) is 18.1. The van der Waals surface area contributed by atoms with E-state index in [0.717, 1.165) is 18.4 Å². The van der Waals surface area contributed by atoms with E-state index in [1.165, 1.54) is 12.1 Å². The van der Waals surface area contributed by atoms with Gasteiger partial charge in [-0.25, -0.2) is 19.6 Å². The lowest BCUT2D eigenvalue weighted by Gasteiger charge is -2.21. The predicted molar refractivity (Wildman–Crippen MR) is 94.1 cm³/mol. The molecule has 26 heavy (non-hydrogen) atoms. The van der Waals surface area contributed by atoms with Crippen molar-refractivity contribution in [3.63, 3.8) is 0 Å². The second-order valence-corrected chi connectivity index (χ2v) is 6.41. The number of carboxylic acid groups (broad SMARTS) is 1. The van der Waals surface area contributed by atoms with Crippen LogP contribution < -0.4 is 5.69 Å². The highest BCUT2D eigenvalue weighted by Crippen LogP contribution is 2.21. The van der Waals surface area contributed by atoms with Gasteiger partial charge in [0.1, 0.15) is 0 Å². The van der Waals surface area contributed by atoms with Gasteiger partial charge in [0.05, 0.1) is 17.5 Å². The van der Waals surface area contributed by atoms with E-state index in [2.05, 4.69) is 15.0 Å². The number of carboxylic acids is 1. The van der Waals surface area contributed by atoms with E-state index in [1.54, 1.807) is 22.9 Å². The van der Waals surface area contributed by atoms with Gasteiger partial charge in [0.25, 0.3) is 0 Å². The van der Waals surface area contributed by atoms with Crippen molar-refractivity contribution in [2.75, 3.05) is 13.2 Å². The molecule has 0 bridgehead atoms. The summed E-state index contributed by atoms with van der Waals surface area (Å²) in [5.74, 6) is -0.602. The minimum Gasteiger partial charge on any atom is -0.478 e. The number of aromatic carboxylic acids is 1. The highest BCUT2D eigenvalue weighted by Gasteiger charge is 2.18. The minimum atomic E-state index is -0.978. The molecule has 2 N–H and O–H groups in total. The Morgan fingerprint density at radius 2 is 2.00 bits per heavy atom. The number of aromatic amines is 1. The molecule has 8 heteroatoms. The number of imidazole rings is 1. The molecule has 0 unspecified atom stereocenters. The van der Waals surface area contributed by atoms with Crippen LogP contribution in [0.2, 0.25) is 0 Å². The molecule has 4 rings (SSSR count). The molecular formula is C18H18N4O4. The molecule has 0 spiro atoms. The summed E-state index contributed by atoms with van der Waals surface area (Å²) in [7, 11) is 0. The standard InChI is InChI=1S/C18H18N4O4/c23-17(24)13-3-1-12(2-4-13)14-9-19-15-16(20-14)22(18(25)21-15)10-11-5-7-26-8-6-11/h1-4,9,11H,5-8,10H2,(H,23,24)(H,19,21,25). The van der Waals surface area contributed by atoms with Crippen LogP contribution in [0.3, 0.4) is 0 Å². The molecule has 0 radical (unpaired) electrons. The third-order valence-corrected chi connectivity index (χ3v) is 4.69. The first-order chi connectivity index (χ1) is 12.6. The number of fused-ring (bicyclic) bond motifs is 1. The van der Waals surface area contributed by atoms with Crippen molar-refractivity contribution < 1.29 is 14.6 Å².